The normalized spacial score (nSPS) is 21.7. The smallest absolute Gasteiger partial charge is 0.399 e. The van der Waals surface area contributed by atoms with Crippen LogP contribution in [0.3, 0.4) is 0 Å². The van der Waals surface area contributed by atoms with E-state index < -0.39 is 0 Å². The maximum absolute atomic E-state index is 6.05. The monoisotopic (exact) mass is 261 g/mol. The number of nitrogens with zero attached hydrogens (tertiary/aromatic N) is 1. The van der Waals surface area contributed by atoms with Gasteiger partial charge in [0.2, 0.25) is 0 Å². The molecule has 2 aromatic heterocycles. The minimum Gasteiger partial charge on any atom is -0.399 e. The number of hydrogen-bond donors (Lipinski definition) is 0. The Morgan fingerprint density at radius 3 is 2.44 bits per heavy atom. The highest BCUT2D eigenvalue weighted by Gasteiger charge is 2.52. The van der Waals surface area contributed by atoms with E-state index >= 15 is 0 Å². The molecule has 0 aliphatic carbocycles. The van der Waals surface area contributed by atoms with Gasteiger partial charge in [-0.3, -0.25) is 4.98 Å². The fourth-order valence-corrected chi connectivity index (χ4v) is 2.97. The first kappa shape index (κ1) is 12.1. The molecule has 2 aromatic rings. The zero-order valence-corrected chi connectivity index (χ0v) is 11.9. The topological polar surface area (TPSA) is 31.4 Å². The second-order valence-corrected chi connectivity index (χ2v) is 6.77. The third-order valence-electron chi connectivity index (χ3n) is 3.83. The maximum atomic E-state index is 6.05. The van der Waals surface area contributed by atoms with Crippen LogP contribution in [-0.4, -0.2) is 23.3 Å². The fourth-order valence-electron chi connectivity index (χ4n) is 1.98. The van der Waals surface area contributed by atoms with E-state index in [2.05, 4.69) is 38.7 Å². The van der Waals surface area contributed by atoms with E-state index in [0.717, 1.165) is 4.78 Å². The zero-order chi connectivity index (χ0) is 13.0. The van der Waals surface area contributed by atoms with Crippen molar-refractivity contribution in [1.29, 1.82) is 0 Å². The van der Waals surface area contributed by atoms with Crippen molar-refractivity contribution < 1.29 is 9.31 Å². The number of hydrogen-bond acceptors (Lipinski definition) is 4. The van der Waals surface area contributed by atoms with Gasteiger partial charge in [-0.1, -0.05) is 0 Å². The molecule has 3 heterocycles. The molecule has 1 saturated heterocycles. The SMILES string of the molecule is CC1(C)OB(c2cc3ccncc3s2)OC1(C)C. The van der Waals surface area contributed by atoms with E-state index in [-0.39, 0.29) is 18.3 Å². The highest BCUT2D eigenvalue weighted by atomic mass is 32.1. The summed E-state index contributed by atoms with van der Waals surface area (Å²) in [7, 11) is -0.271. The Morgan fingerprint density at radius 2 is 1.83 bits per heavy atom. The Bertz CT molecular complexity index is 544. The number of pyridine rings is 1. The fraction of sp³-hybridized carbons (Fsp3) is 0.462. The summed E-state index contributed by atoms with van der Waals surface area (Å²) >= 11 is 1.68. The zero-order valence-electron chi connectivity index (χ0n) is 11.1. The van der Waals surface area contributed by atoms with Gasteiger partial charge in [0.1, 0.15) is 0 Å². The van der Waals surface area contributed by atoms with Crippen LogP contribution in [0, 0.1) is 0 Å². The van der Waals surface area contributed by atoms with Gasteiger partial charge in [0.25, 0.3) is 0 Å². The first-order valence-electron chi connectivity index (χ1n) is 6.08. The van der Waals surface area contributed by atoms with Gasteiger partial charge in [0, 0.05) is 17.2 Å². The molecular weight excluding hydrogens is 245 g/mol. The molecule has 0 aromatic carbocycles. The van der Waals surface area contributed by atoms with Crippen molar-refractivity contribution in [3.05, 3.63) is 24.5 Å². The highest BCUT2D eigenvalue weighted by Crippen LogP contribution is 2.37. The number of thiophene rings is 1. The highest BCUT2D eigenvalue weighted by molar-refractivity contribution is 7.28. The van der Waals surface area contributed by atoms with E-state index in [4.69, 9.17) is 9.31 Å². The van der Waals surface area contributed by atoms with Crippen molar-refractivity contribution in [2.24, 2.45) is 0 Å². The minimum atomic E-state index is -0.286. The van der Waals surface area contributed by atoms with E-state index in [1.807, 2.05) is 18.5 Å². The Balaban J connectivity index is 1.97. The number of rotatable bonds is 1. The first-order chi connectivity index (χ1) is 8.39. The van der Waals surface area contributed by atoms with Crippen molar-refractivity contribution >= 4 is 33.3 Å². The van der Waals surface area contributed by atoms with Gasteiger partial charge in [-0.05, 0) is 45.2 Å². The van der Waals surface area contributed by atoms with Crippen LogP contribution in [0.2, 0.25) is 0 Å². The van der Waals surface area contributed by atoms with Gasteiger partial charge in [-0.2, -0.15) is 0 Å². The van der Waals surface area contributed by atoms with E-state index in [1.165, 1.54) is 10.1 Å². The standard InChI is InChI=1S/C13H16BNO2S/c1-12(2)13(3,4)17-14(16-12)11-7-9-5-6-15-8-10(9)18-11/h5-8H,1-4H3. The minimum absolute atomic E-state index is 0.271. The molecule has 18 heavy (non-hydrogen) atoms. The van der Waals surface area contributed by atoms with Crippen LogP contribution < -0.4 is 4.78 Å². The van der Waals surface area contributed by atoms with Gasteiger partial charge in [0.05, 0.1) is 15.9 Å². The van der Waals surface area contributed by atoms with Crippen LogP contribution in [0.25, 0.3) is 10.1 Å². The van der Waals surface area contributed by atoms with E-state index in [1.54, 1.807) is 11.3 Å². The van der Waals surface area contributed by atoms with Crippen LogP contribution in [0.4, 0.5) is 0 Å². The lowest BCUT2D eigenvalue weighted by Gasteiger charge is -2.32. The predicted octanol–water partition coefficient (Wildman–Crippen LogP) is 2.60. The summed E-state index contributed by atoms with van der Waals surface area (Å²) in [4.78, 5) is 4.14. The molecule has 0 spiro atoms. The summed E-state index contributed by atoms with van der Waals surface area (Å²) in [6, 6.07) is 4.14. The van der Waals surface area contributed by atoms with Gasteiger partial charge < -0.3 is 9.31 Å². The lowest BCUT2D eigenvalue weighted by Crippen LogP contribution is -2.41. The maximum Gasteiger partial charge on any atom is 0.505 e. The molecule has 0 atom stereocenters. The number of fused-ring (bicyclic) bond motifs is 1. The van der Waals surface area contributed by atoms with Gasteiger partial charge in [0.15, 0.2) is 0 Å². The molecule has 1 fully saturated rings. The molecule has 1 aliphatic rings. The van der Waals surface area contributed by atoms with Crippen molar-refractivity contribution in [2.75, 3.05) is 0 Å². The average molecular weight is 261 g/mol. The van der Waals surface area contributed by atoms with Crippen LogP contribution in [0.1, 0.15) is 27.7 Å². The van der Waals surface area contributed by atoms with Gasteiger partial charge >= 0.3 is 7.12 Å². The van der Waals surface area contributed by atoms with Crippen LogP contribution in [0.5, 0.6) is 0 Å². The third kappa shape index (κ3) is 1.78. The Morgan fingerprint density at radius 1 is 1.17 bits per heavy atom. The molecule has 0 amide bonds. The first-order valence-corrected chi connectivity index (χ1v) is 6.90. The Kier molecular flexibility index (Phi) is 2.56. The quantitative estimate of drug-likeness (QED) is 0.739. The lowest BCUT2D eigenvalue weighted by molar-refractivity contribution is 0.00578. The molecule has 0 saturated carbocycles. The Labute approximate surface area is 111 Å². The molecule has 5 heteroatoms. The second kappa shape index (κ2) is 3.79. The van der Waals surface area contributed by atoms with E-state index in [0.29, 0.717) is 0 Å². The molecule has 3 nitrogen and oxygen atoms in total. The molecule has 3 rings (SSSR count). The van der Waals surface area contributed by atoms with Crippen molar-refractivity contribution in [1.82, 2.24) is 4.98 Å². The summed E-state index contributed by atoms with van der Waals surface area (Å²) in [6.45, 7) is 8.29. The summed E-state index contributed by atoms with van der Waals surface area (Å²) < 4.78 is 14.4. The van der Waals surface area contributed by atoms with Gasteiger partial charge in [-0.15, -0.1) is 11.3 Å². The summed E-state index contributed by atoms with van der Waals surface area (Å²) in [5.74, 6) is 0. The van der Waals surface area contributed by atoms with Crippen molar-refractivity contribution in [2.45, 2.75) is 38.9 Å². The summed E-state index contributed by atoms with van der Waals surface area (Å²) in [5, 5.41) is 1.19. The van der Waals surface area contributed by atoms with Crippen LogP contribution in [0.15, 0.2) is 24.5 Å². The summed E-state index contributed by atoms with van der Waals surface area (Å²) in [5.41, 5.74) is -0.571. The summed E-state index contributed by atoms with van der Waals surface area (Å²) in [6.07, 6.45) is 3.69. The Hall–Kier alpha value is -0.905. The average Bonchev–Trinajstić information content (AvgIpc) is 2.78. The van der Waals surface area contributed by atoms with E-state index in [9.17, 15) is 0 Å². The van der Waals surface area contributed by atoms with Crippen LogP contribution in [-0.2, 0) is 9.31 Å². The molecule has 0 bridgehead atoms. The molecule has 1 aliphatic heterocycles. The number of aromatic nitrogens is 1. The molecule has 0 radical (unpaired) electrons. The largest absolute Gasteiger partial charge is 0.505 e. The molecule has 0 N–H and O–H groups in total. The molecular formula is C13H16BNO2S. The third-order valence-corrected chi connectivity index (χ3v) is 4.93. The lowest BCUT2D eigenvalue weighted by atomic mass is 9.88. The van der Waals surface area contributed by atoms with Gasteiger partial charge in [-0.25, -0.2) is 0 Å². The predicted molar refractivity (Wildman–Crippen MR) is 75.3 cm³/mol. The molecule has 94 valence electrons. The van der Waals surface area contributed by atoms with Crippen molar-refractivity contribution in [3.8, 4) is 0 Å². The second-order valence-electron chi connectivity index (χ2n) is 5.65. The van der Waals surface area contributed by atoms with Crippen molar-refractivity contribution in [3.63, 3.8) is 0 Å². The van der Waals surface area contributed by atoms with Crippen LogP contribution >= 0.6 is 11.3 Å². The molecule has 0 unspecified atom stereocenters.